The summed E-state index contributed by atoms with van der Waals surface area (Å²) < 4.78 is 12.7. The highest BCUT2D eigenvalue weighted by Gasteiger charge is 2.23. The first-order valence-corrected chi connectivity index (χ1v) is 6.48. The van der Waals surface area contributed by atoms with E-state index in [4.69, 9.17) is 0 Å². The minimum atomic E-state index is -0.320. The van der Waals surface area contributed by atoms with Crippen LogP contribution in [0.2, 0.25) is 0 Å². The summed E-state index contributed by atoms with van der Waals surface area (Å²) in [5, 5.41) is 2.92. The van der Waals surface area contributed by atoms with E-state index in [1.165, 1.54) is 30.7 Å². The number of nitrogens with one attached hydrogen (secondary N) is 1. The Morgan fingerprint density at radius 3 is 2.83 bits per heavy atom. The van der Waals surface area contributed by atoms with Crippen molar-refractivity contribution < 1.29 is 9.18 Å². The van der Waals surface area contributed by atoms with E-state index in [0.29, 0.717) is 18.2 Å². The van der Waals surface area contributed by atoms with Gasteiger partial charge in [-0.25, -0.2) is 4.39 Å². The normalized spacial score (nSPS) is 20.0. The van der Waals surface area contributed by atoms with Crippen molar-refractivity contribution in [3.05, 3.63) is 35.6 Å². The lowest BCUT2D eigenvalue weighted by molar-refractivity contribution is 0.0941. The maximum atomic E-state index is 12.7. The first-order valence-electron chi connectivity index (χ1n) is 6.48. The number of likely N-dealkylation sites (tertiary alicyclic amines) is 1. The number of hydrogen-bond acceptors (Lipinski definition) is 2. The van der Waals surface area contributed by atoms with Gasteiger partial charge < -0.3 is 5.32 Å². The predicted molar refractivity (Wildman–Crippen MR) is 69.0 cm³/mol. The maximum absolute atomic E-state index is 12.7. The Labute approximate surface area is 107 Å². The number of hydrogen-bond donors (Lipinski definition) is 1. The maximum Gasteiger partial charge on any atom is 0.251 e. The van der Waals surface area contributed by atoms with Gasteiger partial charge in [-0.2, -0.15) is 0 Å². The van der Waals surface area contributed by atoms with Crippen molar-refractivity contribution >= 4 is 5.91 Å². The van der Waals surface area contributed by atoms with Crippen molar-refractivity contribution in [2.45, 2.75) is 25.8 Å². The summed E-state index contributed by atoms with van der Waals surface area (Å²) in [5.41, 5.74) is 0.512. The van der Waals surface area contributed by atoms with Crippen molar-refractivity contribution in [3.63, 3.8) is 0 Å². The van der Waals surface area contributed by atoms with Crippen LogP contribution in [0.5, 0.6) is 0 Å². The molecule has 3 nitrogen and oxygen atoms in total. The van der Waals surface area contributed by atoms with Gasteiger partial charge in [0.25, 0.3) is 5.91 Å². The van der Waals surface area contributed by atoms with E-state index in [0.717, 1.165) is 19.5 Å². The molecule has 4 heteroatoms. The Hall–Kier alpha value is -1.42. The minimum Gasteiger partial charge on any atom is -0.350 e. The molecule has 1 amide bonds. The molecule has 1 fully saturated rings. The van der Waals surface area contributed by atoms with E-state index in [1.807, 2.05) is 0 Å². The van der Waals surface area contributed by atoms with Crippen LogP contribution >= 0.6 is 0 Å². The molecule has 1 atom stereocenters. The second-order valence-electron chi connectivity index (χ2n) is 4.64. The number of likely N-dealkylation sites (N-methyl/N-ethyl adjacent to an activating group) is 1. The van der Waals surface area contributed by atoms with Gasteiger partial charge in [-0.15, -0.1) is 0 Å². The number of nitrogens with zero attached hydrogens (tertiary/aromatic N) is 1. The predicted octanol–water partition coefficient (Wildman–Crippen LogP) is 2.04. The summed E-state index contributed by atoms with van der Waals surface area (Å²) in [6.45, 7) is 4.95. The monoisotopic (exact) mass is 250 g/mol. The van der Waals surface area contributed by atoms with Gasteiger partial charge in [-0.3, -0.25) is 9.69 Å². The third-order valence-corrected chi connectivity index (χ3v) is 3.51. The third-order valence-electron chi connectivity index (χ3n) is 3.51. The summed E-state index contributed by atoms with van der Waals surface area (Å²) in [6.07, 6.45) is 2.34. The highest BCUT2D eigenvalue weighted by Crippen LogP contribution is 2.15. The first kappa shape index (κ1) is 13.0. The van der Waals surface area contributed by atoms with E-state index in [2.05, 4.69) is 17.1 Å². The molecule has 0 bridgehead atoms. The van der Waals surface area contributed by atoms with Gasteiger partial charge in [-0.1, -0.05) is 6.92 Å². The van der Waals surface area contributed by atoms with Crippen molar-refractivity contribution in [2.24, 2.45) is 0 Å². The average molecular weight is 250 g/mol. The number of benzene rings is 1. The molecular weight excluding hydrogens is 231 g/mol. The van der Waals surface area contributed by atoms with Gasteiger partial charge in [0.15, 0.2) is 0 Å². The fourth-order valence-electron chi connectivity index (χ4n) is 2.46. The first-order chi connectivity index (χ1) is 8.70. The number of carbonyl (C=O) groups is 1. The Morgan fingerprint density at radius 2 is 2.17 bits per heavy atom. The summed E-state index contributed by atoms with van der Waals surface area (Å²) in [4.78, 5) is 14.2. The molecule has 18 heavy (non-hydrogen) atoms. The molecule has 1 heterocycles. The zero-order valence-corrected chi connectivity index (χ0v) is 10.7. The lowest BCUT2D eigenvalue weighted by atomic mass is 10.2. The lowest BCUT2D eigenvalue weighted by Gasteiger charge is -2.22. The number of rotatable bonds is 4. The van der Waals surface area contributed by atoms with Crippen LogP contribution in [0.1, 0.15) is 30.1 Å². The Morgan fingerprint density at radius 1 is 1.44 bits per heavy atom. The minimum absolute atomic E-state index is 0.127. The van der Waals surface area contributed by atoms with E-state index in [9.17, 15) is 9.18 Å². The molecule has 0 aromatic heterocycles. The Balaban J connectivity index is 1.86. The number of halogens is 1. The van der Waals surface area contributed by atoms with Gasteiger partial charge in [-0.05, 0) is 50.2 Å². The fourth-order valence-corrected chi connectivity index (χ4v) is 2.46. The molecule has 1 N–H and O–H groups in total. The van der Waals surface area contributed by atoms with E-state index in [1.54, 1.807) is 0 Å². The molecule has 0 saturated carbocycles. The van der Waals surface area contributed by atoms with Crippen molar-refractivity contribution in [3.8, 4) is 0 Å². The van der Waals surface area contributed by atoms with Crippen LogP contribution in [0.3, 0.4) is 0 Å². The summed E-state index contributed by atoms with van der Waals surface area (Å²) in [6, 6.07) is 6.08. The average Bonchev–Trinajstić information content (AvgIpc) is 2.84. The van der Waals surface area contributed by atoms with Gasteiger partial charge >= 0.3 is 0 Å². The molecule has 1 aromatic rings. The fraction of sp³-hybridized carbons (Fsp3) is 0.500. The highest BCUT2D eigenvalue weighted by atomic mass is 19.1. The van der Waals surface area contributed by atoms with E-state index >= 15 is 0 Å². The smallest absolute Gasteiger partial charge is 0.251 e. The summed E-state index contributed by atoms with van der Waals surface area (Å²) >= 11 is 0. The molecule has 0 aliphatic carbocycles. The second kappa shape index (κ2) is 5.96. The zero-order chi connectivity index (χ0) is 13.0. The number of carbonyl (C=O) groups excluding carboxylic acids is 1. The zero-order valence-electron chi connectivity index (χ0n) is 10.7. The second-order valence-corrected chi connectivity index (χ2v) is 4.64. The van der Waals surface area contributed by atoms with Crippen LogP contribution in [0, 0.1) is 5.82 Å². The van der Waals surface area contributed by atoms with Gasteiger partial charge in [0, 0.05) is 18.2 Å². The lowest BCUT2D eigenvalue weighted by Crippen LogP contribution is -2.40. The van der Waals surface area contributed by atoms with Gasteiger partial charge in [0.1, 0.15) is 5.82 Å². The SMILES string of the molecule is CCN1CCC[C@@H]1CNC(=O)c1ccc(F)cc1. The third kappa shape index (κ3) is 3.07. The molecule has 98 valence electrons. The molecule has 1 saturated heterocycles. The molecule has 0 unspecified atom stereocenters. The quantitative estimate of drug-likeness (QED) is 0.887. The Bertz CT molecular complexity index is 405. The van der Waals surface area contributed by atoms with Crippen molar-refractivity contribution in [1.82, 2.24) is 10.2 Å². The van der Waals surface area contributed by atoms with E-state index in [-0.39, 0.29) is 11.7 Å². The molecule has 0 spiro atoms. The largest absolute Gasteiger partial charge is 0.350 e. The highest BCUT2D eigenvalue weighted by molar-refractivity contribution is 5.94. The molecule has 0 radical (unpaired) electrons. The van der Waals surface area contributed by atoms with Gasteiger partial charge in [0.05, 0.1) is 0 Å². The van der Waals surface area contributed by atoms with Crippen LogP contribution in [0.25, 0.3) is 0 Å². The standard InChI is InChI=1S/C14H19FN2O/c1-2-17-9-3-4-13(17)10-16-14(18)11-5-7-12(15)8-6-11/h5-8,13H,2-4,9-10H2,1H3,(H,16,18)/t13-/m1/s1. The van der Waals surface area contributed by atoms with Crippen molar-refractivity contribution in [1.29, 1.82) is 0 Å². The topological polar surface area (TPSA) is 32.3 Å². The molecule has 1 aliphatic rings. The summed E-state index contributed by atoms with van der Waals surface area (Å²) in [5.74, 6) is -0.447. The molecule has 1 aliphatic heterocycles. The van der Waals surface area contributed by atoms with Gasteiger partial charge in [0.2, 0.25) is 0 Å². The molecule has 2 rings (SSSR count). The molecular formula is C14H19FN2O. The van der Waals surface area contributed by atoms with E-state index < -0.39 is 0 Å². The van der Waals surface area contributed by atoms with Crippen LogP contribution in [0.15, 0.2) is 24.3 Å². The summed E-state index contributed by atoms with van der Waals surface area (Å²) in [7, 11) is 0. The van der Waals surface area contributed by atoms with Crippen LogP contribution in [0.4, 0.5) is 4.39 Å². The van der Waals surface area contributed by atoms with Crippen LogP contribution in [-0.4, -0.2) is 36.5 Å². The molecule has 1 aromatic carbocycles. The van der Waals surface area contributed by atoms with Crippen molar-refractivity contribution in [2.75, 3.05) is 19.6 Å². The Kier molecular flexibility index (Phi) is 4.31. The van der Waals surface area contributed by atoms with Crippen LogP contribution in [-0.2, 0) is 0 Å². The van der Waals surface area contributed by atoms with Crippen LogP contribution < -0.4 is 5.32 Å². The number of amides is 1.